The van der Waals surface area contributed by atoms with Crippen molar-refractivity contribution in [3.8, 4) is 0 Å². The number of fused-ring (bicyclic) bond motifs is 1. The standard InChI is InChI=1S/C10H16N6O2/c11-9(18)10(13-3-4-14-15-12)6-8(17)16-5-1-2-7(10)16/h7,13H,1-6H2,(H2,11,18). The molecule has 8 nitrogen and oxygen atoms in total. The number of hydrogen-bond donors (Lipinski definition) is 2. The summed E-state index contributed by atoms with van der Waals surface area (Å²) in [7, 11) is 0. The second-order valence-corrected chi connectivity index (χ2v) is 4.64. The van der Waals surface area contributed by atoms with E-state index in [4.69, 9.17) is 11.3 Å². The van der Waals surface area contributed by atoms with E-state index in [1.807, 2.05) is 0 Å². The van der Waals surface area contributed by atoms with Crippen molar-refractivity contribution < 1.29 is 9.59 Å². The first kappa shape index (κ1) is 12.7. The second kappa shape index (κ2) is 4.83. The summed E-state index contributed by atoms with van der Waals surface area (Å²) in [4.78, 5) is 28.0. The second-order valence-electron chi connectivity index (χ2n) is 4.64. The Morgan fingerprint density at radius 3 is 3.17 bits per heavy atom. The molecule has 0 aromatic carbocycles. The average Bonchev–Trinajstić information content (AvgIpc) is 2.89. The molecular weight excluding hydrogens is 236 g/mol. The van der Waals surface area contributed by atoms with Crippen molar-refractivity contribution in [2.24, 2.45) is 10.8 Å². The first-order valence-corrected chi connectivity index (χ1v) is 5.97. The highest BCUT2D eigenvalue weighted by atomic mass is 16.2. The monoisotopic (exact) mass is 252 g/mol. The van der Waals surface area contributed by atoms with Gasteiger partial charge in [-0.25, -0.2) is 0 Å². The molecule has 2 saturated heterocycles. The van der Waals surface area contributed by atoms with Gasteiger partial charge < -0.3 is 16.0 Å². The van der Waals surface area contributed by atoms with E-state index in [0.29, 0.717) is 13.1 Å². The van der Waals surface area contributed by atoms with Crippen LogP contribution in [-0.4, -0.2) is 47.9 Å². The third-order valence-corrected chi connectivity index (χ3v) is 3.73. The van der Waals surface area contributed by atoms with Crippen LogP contribution >= 0.6 is 0 Å². The molecule has 2 aliphatic heterocycles. The third-order valence-electron chi connectivity index (χ3n) is 3.73. The fraction of sp³-hybridized carbons (Fsp3) is 0.800. The quantitative estimate of drug-likeness (QED) is 0.296. The lowest BCUT2D eigenvalue weighted by atomic mass is 9.87. The van der Waals surface area contributed by atoms with Gasteiger partial charge in [0.25, 0.3) is 0 Å². The van der Waals surface area contributed by atoms with E-state index < -0.39 is 11.4 Å². The molecule has 2 fully saturated rings. The summed E-state index contributed by atoms with van der Waals surface area (Å²) in [5.74, 6) is -0.543. The van der Waals surface area contributed by atoms with Crippen LogP contribution in [0.1, 0.15) is 19.3 Å². The number of hydrogen-bond acceptors (Lipinski definition) is 4. The number of nitrogens with one attached hydrogen (secondary N) is 1. The summed E-state index contributed by atoms with van der Waals surface area (Å²) < 4.78 is 0. The average molecular weight is 252 g/mol. The minimum Gasteiger partial charge on any atom is -0.368 e. The summed E-state index contributed by atoms with van der Waals surface area (Å²) in [6, 6.07) is -0.159. The fourth-order valence-corrected chi connectivity index (χ4v) is 2.93. The van der Waals surface area contributed by atoms with Crippen molar-refractivity contribution in [2.45, 2.75) is 30.8 Å². The largest absolute Gasteiger partial charge is 0.368 e. The zero-order valence-corrected chi connectivity index (χ0v) is 10.0. The molecule has 0 radical (unpaired) electrons. The van der Waals surface area contributed by atoms with E-state index in [2.05, 4.69) is 15.3 Å². The number of azide groups is 1. The molecular formula is C10H16N6O2. The molecule has 98 valence electrons. The molecule has 2 unspecified atom stereocenters. The van der Waals surface area contributed by atoms with Gasteiger partial charge in [-0.05, 0) is 18.4 Å². The lowest BCUT2D eigenvalue weighted by Gasteiger charge is -2.32. The van der Waals surface area contributed by atoms with Gasteiger partial charge in [0, 0.05) is 24.5 Å². The molecule has 8 heteroatoms. The molecule has 2 rings (SSSR count). The minimum atomic E-state index is -1.00. The Kier molecular flexibility index (Phi) is 3.40. The highest BCUT2D eigenvalue weighted by molar-refractivity contribution is 5.96. The van der Waals surface area contributed by atoms with Crippen LogP contribution in [0.15, 0.2) is 5.11 Å². The van der Waals surface area contributed by atoms with Crippen LogP contribution < -0.4 is 11.1 Å². The van der Waals surface area contributed by atoms with E-state index in [1.54, 1.807) is 4.90 Å². The van der Waals surface area contributed by atoms with Crippen molar-refractivity contribution in [3.63, 3.8) is 0 Å². The Bertz CT molecular complexity index is 419. The minimum absolute atomic E-state index is 0.0346. The van der Waals surface area contributed by atoms with Gasteiger partial charge in [-0.3, -0.25) is 9.59 Å². The van der Waals surface area contributed by atoms with Gasteiger partial charge >= 0.3 is 0 Å². The highest BCUT2D eigenvalue weighted by Crippen LogP contribution is 2.36. The Balaban J connectivity index is 2.14. The maximum Gasteiger partial charge on any atom is 0.240 e. The Morgan fingerprint density at radius 1 is 1.72 bits per heavy atom. The van der Waals surface area contributed by atoms with Gasteiger partial charge in [-0.1, -0.05) is 5.11 Å². The van der Waals surface area contributed by atoms with Gasteiger partial charge in [-0.2, -0.15) is 0 Å². The van der Waals surface area contributed by atoms with E-state index in [0.717, 1.165) is 12.8 Å². The van der Waals surface area contributed by atoms with Crippen molar-refractivity contribution in [1.82, 2.24) is 10.2 Å². The molecule has 18 heavy (non-hydrogen) atoms. The van der Waals surface area contributed by atoms with E-state index in [-0.39, 0.29) is 24.9 Å². The molecule has 0 saturated carbocycles. The van der Waals surface area contributed by atoms with Gasteiger partial charge in [0.05, 0.1) is 12.5 Å². The SMILES string of the molecule is [N-]=[N+]=NCCNC1(C(N)=O)CC(=O)N2CCCC21. The van der Waals surface area contributed by atoms with Gasteiger partial charge in [0.15, 0.2) is 0 Å². The number of nitrogens with zero attached hydrogens (tertiary/aromatic N) is 4. The first-order chi connectivity index (χ1) is 8.62. The van der Waals surface area contributed by atoms with E-state index in [9.17, 15) is 9.59 Å². The molecule has 2 aliphatic rings. The van der Waals surface area contributed by atoms with E-state index >= 15 is 0 Å². The van der Waals surface area contributed by atoms with Gasteiger partial charge in [0.2, 0.25) is 11.8 Å². The molecule has 3 N–H and O–H groups in total. The molecule has 2 atom stereocenters. The zero-order chi connectivity index (χ0) is 13.2. The summed E-state index contributed by atoms with van der Waals surface area (Å²) in [6.45, 7) is 1.26. The van der Waals surface area contributed by atoms with Crippen molar-refractivity contribution >= 4 is 11.8 Å². The maximum absolute atomic E-state index is 11.9. The number of primary amides is 1. The first-order valence-electron chi connectivity index (χ1n) is 5.97. The van der Waals surface area contributed by atoms with Crippen LogP contribution in [0.3, 0.4) is 0 Å². The predicted molar refractivity (Wildman–Crippen MR) is 63.3 cm³/mol. The number of amides is 2. The molecule has 0 aromatic heterocycles. The third kappa shape index (κ3) is 1.89. The summed E-state index contributed by atoms with van der Waals surface area (Å²) in [6.07, 6.45) is 1.77. The maximum atomic E-state index is 11.9. The Morgan fingerprint density at radius 2 is 2.50 bits per heavy atom. The molecule has 0 bridgehead atoms. The Hall–Kier alpha value is -1.79. The summed E-state index contributed by atoms with van der Waals surface area (Å²) in [5.41, 5.74) is 12.7. The predicted octanol–water partition coefficient (Wildman–Crippen LogP) is -0.495. The van der Waals surface area contributed by atoms with Crippen molar-refractivity contribution in [3.05, 3.63) is 10.4 Å². The summed E-state index contributed by atoms with van der Waals surface area (Å²) in [5, 5.41) is 6.42. The van der Waals surface area contributed by atoms with Gasteiger partial charge in [0.1, 0.15) is 5.54 Å². The van der Waals surface area contributed by atoms with Crippen molar-refractivity contribution in [1.29, 1.82) is 0 Å². The van der Waals surface area contributed by atoms with Crippen LogP contribution in [0.25, 0.3) is 10.4 Å². The number of carbonyl (C=O) groups excluding carboxylic acids is 2. The van der Waals surface area contributed by atoms with Crippen molar-refractivity contribution in [2.75, 3.05) is 19.6 Å². The number of nitrogens with two attached hydrogens (primary N) is 1. The number of carbonyl (C=O) groups is 2. The summed E-state index contributed by atoms with van der Waals surface area (Å²) >= 11 is 0. The van der Waals surface area contributed by atoms with E-state index in [1.165, 1.54) is 0 Å². The Labute approximate surface area is 104 Å². The van der Waals surface area contributed by atoms with Crippen LogP contribution in [0.5, 0.6) is 0 Å². The highest BCUT2D eigenvalue weighted by Gasteiger charge is 2.56. The van der Waals surface area contributed by atoms with Crippen LogP contribution in [0, 0.1) is 0 Å². The normalized spacial score (nSPS) is 30.1. The topological polar surface area (TPSA) is 124 Å². The molecule has 0 aliphatic carbocycles. The van der Waals surface area contributed by atoms with Crippen LogP contribution in [0.4, 0.5) is 0 Å². The molecule has 2 amide bonds. The molecule has 2 heterocycles. The van der Waals surface area contributed by atoms with Crippen LogP contribution in [-0.2, 0) is 9.59 Å². The van der Waals surface area contributed by atoms with Crippen LogP contribution in [0.2, 0.25) is 0 Å². The van der Waals surface area contributed by atoms with Gasteiger partial charge in [-0.15, -0.1) is 0 Å². The lowest BCUT2D eigenvalue weighted by Crippen LogP contribution is -2.61. The smallest absolute Gasteiger partial charge is 0.240 e. The molecule has 0 aromatic rings. The fourth-order valence-electron chi connectivity index (χ4n) is 2.93. The zero-order valence-electron chi connectivity index (χ0n) is 10.0. The number of rotatable bonds is 5. The lowest BCUT2D eigenvalue weighted by molar-refractivity contribution is -0.128. The molecule has 0 spiro atoms.